The van der Waals surface area contributed by atoms with Gasteiger partial charge < -0.3 is 14.9 Å². The van der Waals surface area contributed by atoms with Gasteiger partial charge in [-0.1, -0.05) is 24.3 Å². The molecule has 0 atom stereocenters. The largest absolute Gasteiger partial charge is 0.481 e. The Balaban J connectivity index is 1.63. The fourth-order valence-corrected chi connectivity index (χ4v) is 3.88. The summed E-state index contributed by atoms with van der Waals surface area (Å²) < 4.78 is 0. The van der Waals surface area contributed by atoms with Crippen molar-refractivity contribution >= 4 is 41.1 Å². The van der Waals surface area contributed by atoms with Crippen LogP contribution in [0.1, 0.15) is 43.7 Å². The number of hydrogen-bond donors (Lipinski definition) is 1. The van der Waals surface area contributed by atoms with E-state index < -0.39 is 5.97 Å². The lowest BCUT2D eigenvalue weighted by molar-refractivity contribution is -0.136. The van der Waals surface area contributed by atoms with Crippen molar-refractivity contribution in [3.05, 3.63) is 70.8 Å². The molecule has 0 amide bonds. The van der Waals surface area contributed by atoms with Crippen molar-refractivity contribution in [3.63, 3.8) is 0 Å². The highest BCUT2D eigenvalue weighted by molar-refractivity contribution is 6.15. The number of ketones is 2. The monoisotopic (exact) mass is 460 g/mol. The molecular weight excluding hydrogens is 428 g/mol. The van der Waals surface area contributed by atoms with E-state index in [9.17, 15) is 14.4 Å². The molecule has 178 valence electrons. The summed E-state index contributed by atoms with van der Waals surface area (Å²) in [6.45, 7) is 2.73. The molecule has 1 saturated carbocycles. The number of carbonyl (C=O) groups is 3. The molecule has 1 aliphatic carbocycles. The summed E-state index contributed by atoms with van der Waals surface area (Å²) in [5, 5.41) is 8.84. The maximum Gasteiger partial charge on any atom is 0.305 e. The fourth-order valence-electron chi connectivity index (χ4n) is 3.88. The molecular formula is C28H32N2O4. The van der Waals surface area contributed by atoms with Crippen LogP contribution in [0.3, 0.4) is 0 Å². The first-order valence-corrected chi connectivity index (χ1v) is 11.5. The SMILES string of the molecule is CC(=O)CCN(C)c1ccc(/C=C2\CC/C(=C\c3ccc(N(C)CCC(=O)O)cc3)C2=O)cc1. The zero-order valence-electron chi connectivity index (χ0n) is 20.1. The summed E-state index contributed by atoms with van der Waals surface area (Å²) in [6.07, 6.45) is 5.96. The summed E-state index contributed by atoms with van der Waals surface area (Å²) in [7, 11) is 3.83. The van der Waals surface area contributed by atoms with E-state index in [0.29, 0.717) is 19.5 Å². The van der Waals surface area contributed by atoms with Gasteiger partial charge in [-0.3, -0.25) is 14.4 Å². The second-order valence-corrected chi connectivity index (χ2v) is 8.79. The highest BCUT2D eigenvalue weighted by Gasteiger charge is 2.23. The van der Waals surface area contributed by atoms with Gasteiger partial charge in [0.05, 0.1) is 6.42 Å². The summed E-state index contributed by atoms with van der Waals surface area (Å²) in [4.78, 5) is 38.8. The third kappa shape index (κ3) is 6.91. The minimum Gasteiger partial charge on any atom is -0.481 e. The molecule has 0 heterocycles. The number of allylic oxidation sites excluding steroid dienone is 2. The zero-order chi connectivity index (χ0) is 24.7. The number of carbonyl (C=O) groups excluding carboxylic acids is 2. The molecule has 0 spiro atoms. The summed E-state index contributed by atoms with van der Waals surface area (Å²) >= 11 is 0. The Morgan fingerprint density at radius 1 is 0.794 bits per heavy atom. The summed E-state index contributed by atoms with van der Waals surface area (Å²) in [6, 6.07) is 15.8. The van der Waals surface area contributed by atoms with Crippen molar-refractivity contribution in [2.24, 2.45) is 0 Å². The first-order valence-electron chi connectivity index (χ1n) is 11.5. The summed E-state index contributed by atoms with van der Waals surface area (Å²) in [5.74, 6) is -0.550. The summed E-state index contributed by atoms with van der Waals surface area (Å²) in [5.41, 5.74) is 5.55. The van der Waals surface area contributed by atoms with E-state index in [0.717, 1.165) is 46.5 Å². The Morgan fingerprint density at radius 2 is 1.21 bits per heavy atom. The molecule has 34 heavy (non-hydrogen) atoms. The lowest BCUT2D eigenvalue weighted by atomic mass is 10.1. The molecule has 2 aromatic rings. The van der Waals surface area contributed by atoms with Crippen molar-refractivity contribution in [2.45, 2.75) is 32.6 Å². The van der Waals surface area contributed by atoms with Gasteiger partial charge in [0, 0.05) is 56.1 Å². The molecule has 0 bridgehead atoms. The van der Waals surface area contributed by atoms with Gasteiger partial charge in [-0.05, 0) is 67.3 Å². The van der Waals surface area contributed by atoms with Crippen LogP contribution in [0, 0.1) is 0 Å². The van der Waals surface area contributed by atoms with Gasteiger partial charge in [-0.15, -0.1) is 0 Å². The number of nitrogens with zero attached hydrogens (tertiary/aromatic N) is 2. The standard InChI is InChI=1S/C28H32N2O4/c1-20(31)14-16-29(2)25-10-4-21(5-11-25)18-23-8-9-24(28(23)34)19-22-6-12-26(13-7-22)30(3)17-15-27(32)33/h4-7,10-13,18-19H,8-9,14-17H2,1-3H3,(H,32,33)/b23-18+,24-19+. The van der Waals surface area contributed by atoms with Crippen LogP contribution < -0.4 is 9.80 Å². The normalized spacial score (nSPS) is 15.7. The first-order chi connectivity index (χ1) is 16.2. The third-order valence-corrected chi connectivity index (χ3v) is 6.06. The van der Waals surface area contributed by atoms with Gasteiger partial charge in [0.25, 0.3) is 0 Å². The topological polar surface area (TPSA) is 77.9 Å². The number of rotatable bonds is 10. The quantitative estimate of drug-likeness (QED) is 0.511. The van der Waals surface area contributed by atoms with Crippen LogP contribution in [0.4, 0.5) is 11.4 Å². The molecule has 0 aromatic heterocycles. The van der Waals surface area contributed by atoms with E-state index in [4.69, 9.17) is 5.11 Å². The average molecular weight is 461 g/mol. The molecule has 6 heteroatoms. The highest BCUT2D eigenvalue weighted by atomic mass is 16.4. The molecule has 0 radical (unpaired) electrons. The second kappa shape index (κ2) is 11.5. The minimum absolute atomic E-state index is 0.0882. The van der Waals surface area contributed by atoms with Crippen LogP contribution in [-0.2, 0) is 14.4 Å². The van der Waals surface area contributed by atoms with E-state index in [1.807, 2.05) is 79.7 Å². The van der Waals surface area contributed by atoms with Crippen molar-refractivity contribution in [1.82, 2.24) is 0 Å². The van der Waals surface area contributed by atoms with E-state index >= 15 is 0 Å². The third-order valence-electron chi connectivity index (χ3n) is 6.06. The predicted octanol–water partition coefficient (Wildman–Crippen LogP) is 4.84. The smallest absolute Gasteiger partial charge is 0.305 e. The molecule has 0 unspecified atom stereocenters. The second-order valence-electron chi connectivity index (χ2n) is 8.79. The molecule has 6 nitrogen and oxygen atoms in total. The molecule has 3 rings (SSSR count). The van der Waals surface area contributed by atoms with Crippen LogP contribution in [0.5, 0.6) is 0 Å². The maximum absolute atomic E-state index is 12.9. The number of anilines is 2. The number of aliphatic carboxylic acids is 1. The highest BCUT2D eigenvalue weighted by Crippen LogP contribution is 2.30. The van der Waals surface area contributed by atoms with Crippen molar-refractivity contribution in [3.8, 4) is 0 Å². The van der Waals surface area contributed by atoms with Crippen molar-refractivity contribution < 1.29 is 19.5 Å². The molecule has 1 N–H and O–H groups in total. The maximum atomic E-state index is 12.9. The molecule has 0 aliphatic heterocycles. The van der Waals surface area contributed by atoms with Crippen molar-refractivity contribution in [1.29, 1.82) is 0 Å². The van der Waals surface area contributed by atoms with Crippen LogP contribution >= 0.6 is 0 Å². The Morgan fingerprint density at radius 3 is 1.59 bits per heavy atom. The lowest BCUT2D eigenvalue weighted by Crippen LogP contribution is -2.20. The number of hydrogen-bond acceptors (Lipinski definition) is 5. The van der Waals surface area contributed by atoms with Crippen LogP contribution in [0.2, 0.25) is 0 Å². The molecule has 1 fully saturated rings. The van der Waals surface area contributed by atoms with Gasteiger partial charge in [-0.2, -0.15) is 0 Å². The van der Waals surface area contributed by atoms with E-state index in [1.54, 1.807) is 6.92 Å². The first kappa shape index (κ1) is 25.0. The van der Waals surface area contributed by atoms with Crippen LogP contribution in [0.25, 0.3) is 12.2 Å². The van der Waals surface area contributed by atoms with Crippen molar-refractivity contribution in [2.75, 3.05) is 37.0 Å². The number of benzene rings is 2. The van der Waals surface area contributed by atoms with Gasteiger partial charge in [0.15, 0.2) is 5.78 Å². The molecule has 0 saturated heterocycles. The lowest BCUT2D eigenvalue weighted by Gasteiger charge is -2.18. The van der Waals surface area contributed by atoms with E-state index in [1.165, 1.54) is 0 Å². The van der Waals surface area contributed by atoms with Crippen LogP contribution in [-0.4, -0.2) is 49.8 Å². The van der Waals surface area contributed by atoms with Gasteiger partial charge in [-0.25, -0.2) is 0 Å². The average Bonchev–Trinajstić information content (AvgIpc) is 3.15. The Hall–Kier alpha value is -3.67. The molecule has 2 aromatic carbocycles. The number of carboxylic acid groups (broad SMARTS) is 1. The van der Waals surface area contributed by atoms with E-state index in [-0.39, 0.29) is 18.0 Å². The minimum atomic E-state index is -0.815. The number of Topliss-reactive ketones (excluding diaryl/α,β-unsaturated/α-hetero) is 2. The Bertz CT molecular complexity index is 1010. The van der Waals surface area contributed by atoms with E-state index in [2.05, 4.69) is 4.90 Å². The Labute approximate surface area is 201 Å². The number of carboxylic acids is 1. The van der Waals surface area contributed by atoms with Gasteiger partial charge in [0.1, 0.15) is 5.78 Å². The fraction of sp³-hybridized carbons (Fsp3) is 0.321. The predicted molar refractivity (Wildman–Crippen MR) is 137 cm³/mol. The van der Waals surface area contributed by atoms with Gasteiger partial charge in [0.2, 0.25) is 0 Å². The zero-order valence-corrected chi connectivity index (χ0v) is 20.1. The molecule has 1 aliphatic rings. The van der Waals surface area contributed by atoms with Crippen LogP contribution in [0.15, 0.2) is 59.7 Å². The Kier molecular flexibility index (Phi) is 8.41. The van der Waals surface area contributed by atoms with Gasteiger partial charge >= 0.3 is 5.97 Å².